The maximum atomic E-state index is 5.77. The van der Waals surface area contributed by atoms with Crippen molar-refractivity contribution in [3.8, 4) is 5.75 Å². The summed E-state index contributed by atoms with van der Waals surface area (Å²) in [6, 6.07) is 8.50. The maximum Gasteiger partial charge on any atom is 0.119 e. The lowest BCUT2D eigenvalue weighted by molar-refractivity contribution is -0.887. The van der Waals surface area contributed by atoms with Crippen molar-refractivity contribution in [1.82, 2.24) is 0 Å². The highest BCUT2D eigenvalue weighted by Crippen LogP contribution is 2.13. The zero-order valence-electron chi connectivity index (χ0n) is 12.3. The van der Waals surface area contributed by atoms with Crippen molar-refractivity contribution in [2.24, 2.45) is 0 Å². The molecule has 106 valence electrons. The molecule has 19 heavy (non-hydrogen) atoms. The van der Waals surface area contributed by atoms with Gasteiger partial charge in [-0.3, -0.25) is 0 Å². The fourth-order valence-corrected chi connectivity index (χ4v) is 2.79. The molecule has 2 rings (SSSR count). The minimum Gasteiger partial charge on any atom is -0.494 e. The van der Waals surface area contributed by atoms with Crippen LogP contribution in [0.15, 0.2) is 24.3 Å². The van der Waals surface area contributed by atoms with Gasteiger partial charge in [0, 0.05) is 12.8 Å². The number of nitrogens with one attached hydrogen (secondary N) is 1. The minimum atomic E-state index is 0.862. The van der Waals surface area contributed by atoms with Crippen LogP contribution in [0.4, 0.5) is 0 Å². The van der Waals surface area contributed by atoms with E-state index in [1.165, 1.54) is 57.3 Å². The lowest BCUT2D eigenvalue weighted by atomic mass is 10.2. The summed E-state index contributed by atoms with van der Waals surface area (Å²) in [5.74, 6) is 1.02. The molecule has 0 aromatic heterocycles. The summed E-state index contributed by atoms with van der Waals surface area (Å²) in [7, 11) is 0. The summed E-state index contributed by atoms with van der Waals surface area (Å²) in [4.78, 5) is 1.82. The van der Waals surface area contributed by atoms with Gasteiger partial charge in [0.25, 0.3) is 0 Å². The van der Waals surface area contributed by atoms with E-state index in [1.807, 2.05) is 4.90 Å². The molecule has 0 unspecified atom stereocenters. The van der Waals surface area contributed by atoms with Crippen molar-refractivity contribution >= 4 is 0 Å². The zero-order chi connectivity index (χ0) is 13.3. The van der Waals surface area contributed by atoms with Crippen LogP contribution in [0.3, 0.4) is 0 Å². The molecule has 0 spiro atoms. The van der Waals surface area contributed by atoms with Crippen LogP contribution in [-0.2, 0) is 6.42 Å². The zero-order valence-corrected chi connectivity index (χ0v) is 12.3. The standard InChI is InChI=1S/C17H27NO/c1-2-16-8-10-17(11-9-16)19-15-7-3-4-12-18-13-5-6-14-18/h8-11H,2-7,12-15H2,1H3/p+1. The molecule has 0 saturated carbocycles. The Kier molecular flexibility index (Phi) is 6.22. The van der Waals surface area contributed by atoms with Gasteiger partial charge in [-0.1, -0.05) is 19.1 Å². The van der Waals surface area contributed by atoms with Gasteiger partial charge in [-0.2, -0.15) is 0 Å². The number of ether oxygens (including phenoxy) is 1. The molecule has 1 aliphatic heterocycles. The van der Waals surface area contributed by atoms with Gasteiger partial charge in [-0.05, 0) is 43.4 Å². The van der Waals surface area contributed by atoms with Gasteiger partial charge in [0.05, 0.1) is 26.2 Å². The highest BCUT2D eigenvalue weighted by molar-refractivity contribution is 5.27. The fraction of sp³-hybridized carbons (Fsp3) is 0.647. The van der Waals surface area contributed by atoms with Gasteiger partial charge in [0.15, 0.2) is 0 Å². The molecule has 1 aromatic rings. The van der Waals surface area contributed by atoms with E-state index < -0.39 is 0 Å². The third-order valence-corrected chi connectivity index (χ3v) is 4.09. The Morgan fingerprint density at radius 1 is 1.00 bits per heavy atom. The Morgan fingerprint density at radius 3 is 2.42 bits per heavy atom. The first kappa shape index (κ1) is 14.4. The smallest absolute Gasteiger partial charge is 0.119 e. The van der Waals surface area contributed by atoms with Crippen molar-refractivity contribution in [2.45, 2.75) is 45.4 Å². The monoisotopic (exact) mass is 262 g/mol. The van der Waals surface area contributed by atoms with Crippen LogP contribution in [0.25, 0.3) is 0 Å². The van der Waals surface area contributed by atoms with Crippen molar-refractivity contribution in [1.29, 1.82) is 0 Å². The van der Waals surface area contributed by atoms with E-state index >= 15 is 0 Å². The first-order chi connectivity index (χ1) is 9.38. The van der Waals surface area contributed by atoms with Gasteiger partial charge in [0.1, 0.15) is 5.75 Å². The third-order valence-electron chi connectivity index (χ3n) is 4.09. The van der Waals surface area contributed by atoms with Crippen molar-refractivity contribution in [2.75, 3.05) is 26.2 Å². The number of quaternary nitrogens is 1. The second-order valence-electron chi connectivity index (χ2n) is 5.61. The molecule has 1 saturated heterocycles. The van der Waals surface area contributed by atoms with E-state index in [-0.39, 0.29) is 0 Å². The largest absolute Gasteiger partial charge is 0.494 e. The number of benzene rings is 1. The molecular weight excluding hydrogens is 234 g/mol. The lowest BCUT2D eigenvalue weighted by Crippen LogP contribution is -3.09. The molecule has 0 bridgehead atoms. The minimum absolute atomic E-state index is 0.862. The number of aryl methyl sites for hydroxylation is 1. The average molecular weight is 262 g/mol. The van der Waals surface area contributed by atoms with Crippen LogP contribution >= 0.6 is 0 Å². The number of unbranched alkanes of at least 4 members (excludes halogenated alkanes) is 2. The van der Waals surface area contributed by atoms with Crippen LogP contribution in [-0.4, -0.2) is 26.2 Å². The van der Waals surface area contributed by atoms with Gasteiger partial charge in [-0.25, -0.2) is 0 Å². The summed E-state index contributed by atoms with van der Waals surface area (Å²) < 4.78 is 5.77. The van der Waals surface area contributed by atoms with E-state index in [1.54, 1.807) is 0 Å². The summed E-state index contributed by atoms with van der Waals surface area (Å²) in [6.45, 7) is 7.21. The summed E-state index contributed by atoms with van der Waals surface area (Å²) in [6.07, 6.45) is 7.81. The molecule has 1 N–H and O–H groups in total. The van der Waals surface area contributed by atoms with Crippen molar-refractivity contribution in [3.05, 3.63) is 29.8 Å². The van der Waals surface area contributed by atoms with Crippen LogP contribution in [0, 0.1) is 0 Å². The van der Waals surface area contributed by atoms with E-state index in [2.05, 4.69) is 31.2 Å². The fourth-order valence-electron chi connectivity index (χ4n) is 2.79. The number of likely N-dealkylation sites (tertiary alicyclic amines) is 1. The Balaban J connectivity index is 1.51. The van der Waals surface area contributed by atoms with Gasteiger partial charge in [0.2, 0.25) is 0 Å². The SMILES string of the molecule is CCc1ccc(OCCCCC[NH+]2CCCC2)cc1. The molecule has 0 atom stereocenters. The second-order valence-corrected chi connectivity index (χ2v) is 5.61. The predicted molar refractivity (Wildman–Crippen MR) is 80.0 cm³/mol. The van der Waals surface area contributed by atoms with Crippen LogP contribution in [0.2, 0.25) is 0 Å². The molecule has 0 radical (unpaired) electrons. The predicted octanol–water partition coefficient (Wildman–Crippen LogP) is 2.48. The van der Waals surface area contributed by atoms with Crippen LogP contribution < -0.4 is 9.64 Å². The topological polar surface area (TPSA) is 13.7 Å². The number of hydrogen-bond donors (Lipinski definition) is 1. The van der Waals surface area contributed by atoms with E-state index in [0.717, 1.165) is 18.8 Å². The summed E-state index contributed by atoms with van der Waals surface area (Å²) >= 11 is 0. The highest BCUT2D eigenvalue weighted by Gasteiger charge is 2.13. The Bertz CT molecular complexity index is 341. The molecular formula is C17H28NO+. The van der Waals surface area contributed by atoms with Gasteiger partial charge < -0.3 is 9.64 Å². The molecule has 1 fully saturated rings. The molecule has 2 heteroatoms. The van der Waals surface area contributed by atoms with Gasteiger partial charge in [-0.15, -0.1) is 0 Å². The van der Waals surface area contributed by atoms with Crippen LogP contribution in [0.1, 0.15) is 44.6 Å². The molecule has 2 nitrogen and oxygen atoms in total. The summed E-state index contributed by atoms with van der Waals surface area (Å²) in [5, 5.41) is 0. The summed E-state index contributed by atoms with van der Waals surface area (Å²) in [5.41, 5.74) is 1.38. The molecule has 1 aromatic carbocycles. The maximum absolute atomic E-state index is 5.77. The van der Waals surface area contributed by atoms with E-state index in [4.69, 9.17) is 4.74 Å². The normalized spacial score (nSPS) is 15.8. The van der Waals surface area contributed by atoms with Crippen molar-refractivity contribution < 1.29 is 9.64 Å². The highest BCUT2D eigenvalue weighted by atomic mass is 16.5. The van der Waals surface area contributed by atoms with Crippen molar-refractivity contribution in [3.63, 3.8) is 0 Å². The first-order valence-electron chi connectivity index (χ1n) is 7.94. The lowest BCUT2D eigenvalue weighted by Gasteiger charge is -2.11. The molecule has 1 heterocycles. The molecule has 0 amide bonds. The first-order valence-corrected chi connectivity index (χ1v) is 7.94. The van der Waals surface area contributed by atoms with E-state index in [9.17, 15) is 0 Å². The number of hydrogen-bond acceptors (Lipinski definition) is 1. The molecule has 0 aliphatic carbocycles. The Hall–Kier alpha value is -1.02. The molecule has 1 aliphatic rings. The Morgan fingerprint density at radius 2 is 1.74 bits per heavy atom. The number of rotatable bonds is 8. The quantitative estimate of drug-likeness (QED) is 0.711. The second kappa shape index (κ2) is 8.21. The van der Waals surface area contributed by atoms with Crippen LogP contribution in [0.5, 0.6) is 5.75 Å². The third kappa shape index (κ3) is 5.23. The van der Waals surface area contributed by atoms with Gasteiger partial charge >= 0.3 is 0 Å². The Labute approximate surface area is 117 Å². The van der Waals surface area contributed by atoms with E-state index in [0.29, 0.717) is 0 Å². The average Bonchev–Trinajstić information content (AvgIpc) is 2.96.